The van der Waals surface area contributed by atoms with Crippen molar-refractivity contribution in [2.45, 2.75) is 6.04 Å². The van der Waals surface area contributed by atoms with E-state index < -0.39 is 0 Å². The fourth-order valence-corrected chi connectivity index (χ4v) is 2.37. The number of para-hydroxylation sites is 1. The van der Waals surface area contributed by atoms with E-state index in [9.17, 15) is 0 Å². The van der Waals surface area contributed by atoms with Gasteiger partial charge in [0.15, 0.2) is 0 Å². The summed E-state index contributed by atoms with van der Waals surface area (Å²) < 4.78 is 5.30. The lowest BCUT2D eigenvalue weighted by Crippen LogP contribution is -2.13. The van der Waals surface area contributed by atoms with Crippen molar-refractivity contribution in [2.75, 3.05) is 7.11 Å². The van der Waals surface area contributed by atoms with E-state index in [0.29, 0.717) is 10.0 Å². The van der Waals surface area contributed by atoms with Crippen LogP contribution >= 0.6 is 23.2 Å². The summed E-state index contributed by atoms with van der Waals surface area (Å²) in [7, 11) is 1.62. The molecule has 2 N–H and O–H groups in total. The first-order valence-electron chi connectivity index (χ1n) is 5.47. The molecule has 1 unspecified atom stereocenters. The van der Waals surface area contributed by atoms with Crippen LogP contribution in [0.25, 0.3) is 0 Å². The summed E-state index contributed by atoms with van der Waals surface area (Å²) in [6.45, 7) is 0. The van der Waals surface area contributed by atoms with Gasteiger partial charge in [-0.15, -0.1) is 0 Å². The van der Waals surface area contributed by atoms with Crippen LogP contribution in [0.1, 0.15) is 17.2 Å². The second-order valence-electron chi connectivity index (χ2n) is 3.89. The van der Waals surface area contributed by atoms with Gasteiger partial charge in [-0.2, -0.15) is 0 Å². The van der Waals surface area contributed by atoms with Crippen LogP contribution in [0, 0.1) is 0 Å². The molecule has 2 aromatic rings. The van der Waals surface area contributed by atoms with E-state index in [1.807, 2.05) is 30.3 Å². The van der Waals surface area contributed by atoms with Crippen LogP contribution in [-0.2, 0) is 0 Å². The second kappa shape index (κ2) is 5.61. The summed E-state index contributed by atoms with van der Waals surface area (Å²) in [5.74, 6) is 0.746. The fraction of sp³-hybridized carbons (Fsp3) is 0.143. The Labute approximate surface area is 116 Å². The minimum atomic E-state index is -0.342. The van der Waals surface area contributed by atoms with E-state index >= 15 is 0 Å². The normalized spacial score (nSPS) is 12.2. The number of hydrogen-bond donors (Lipinski definition) is 1. The third kappa shape index (κ3) is 2.61. The molecule has 0 amide bonds. The Hall–Kier alpha value is -1.22. The van der Waals surface area contributed by atoms with Crippen LogP contribution < -0.4 is 10.5 Å². The van der Waals surface area contributed by atoms with Crippen molar-refractivity contribution in [2.24, 2.45) is 5.73 Å². The Balaban J connectivity index is 2.44. The molecule has 1 atom stereocenters. The van der Waals surface area contributed by atoms with E-state index in [-0.39, 0.29) is 6.04 Å². The molecule has 2 nitrogen and oxygen atoms in total. The molecule has 18 heavy (non-hydrogen) atoms. The molecule has 0 heterocycles. The molecule has 0 saturated heterocycles. The van der Waals surface area contributed by atoms with Gasteiger partial charge in [0.25, 0.3) is 0 Å². The van der Waals surface area contributed by atoms with E-state index in [4.69, 9.17) is 33.7 Å². The summed E-state index contributed by atoms with van der Waals surface area (Å²) in [6, 6.07) is 12.6. The van der Waals surface area contributed by atoms with Crippen LogP contribution in [0.4, 0.5) is 0 Å². The Morgan fingerprint density at radius 2 is 1.78 bits per heavy atom. The molecule has 0 aromatic heterocycles. The first kappa shape index (κ1) is 13.2. The van der Waals surface area contributed by atoms with Crippen molar-refractivity contribution < 1.29 is 4.74 Å². The van der Waals surface area contributed by atoms with Crippen LogP contribution in [-0.4, -0.2) is 7.11 Å². The Bertz CT molecular complexity index is 557. The van der Waals surface area contributed by atoms with Crippen molar-refractivity contribution >= 4 is 23.2 Å². The number of nitrogens with two attached hydrogens (primary N) is 1. The van der Waals surface area contributed by atoms with Crippen molar-refractivity contribution in [1.29, 1.82) is 0 Å². The lowest BCUT2D eigenvalue weighted by molar-refractivity contribution is 0.408. The quantitative estimate of drug-likeness (QED) is 0.921. The van der Waals surface area contributed by atoms with Gasteiger partial charge < -0.3 is 10.5 Å². The number of rotatable bonds is 3. The standard InChI is InChI=1S/C14H13Cl2NO/c1-18-13-5-3-2-4-11(13)14(17)10-7-6-9(15)8-12(10)16/h2-8,14H,17H2,1H3. The summed E-state index contributed by atoms with van der Waals surface area (Å²) in [5, 5.41) is 1.15. The molecule has 0 spiro atoms. The van der Waals surface area contributed by atoms with E-state index in [0.717, 1.165) is 16.9 Å². The third-order valence-corrected chi connectivity index (χ3v) is 3.33. The molecule has 0 radical (unpaired) electrons. The van der Waals surface area contributed by atoms with Gasteiger partial charge in [-0.3, -0.25) is 0 Å². The largest absolute Gasteiger partial charge is 0.496 e. The predicted molar refractivity (Wildman–Crippen MR) is 75.5 cm³/mol. The lowest BCUT2D eigenvalue weighted by atomic mass is 9.99. The number of ether oxygens (including phenoxy) is 1. The van der Waals surface area contributed by atoms with Crippen LogP contribution in [0.3, 0.4) is 0 Å². The van der Waals surface area contributed by atoms with Gasteiger partial charge in [0.1, 0.15) is 5.75 Å². The average molecular weight is 282 g/mol. The highest BCUT2D eigenvalue weighted by atomic mass is 35.5. The highest BCUT2D eigenvalue weighted by Crippen LogP contribution is 2.32. The zero-order valence-electron chi connectivity index (χ0n) is 9.86. The van der Waals surface area contributed by atoms with E-state index in [1.165, 1.54) is 0 Å². The maximum absolute atomic E-state index is 6.24. The van der Waals surface area contributed by atoms with Gasteiger partial charge in [0.2, 0.25) is 0 Å². The van der Waals surface area contributed by atoms with Crippen molar-refractivity contribution in [3.05, 3.63) is 63.6 Å². The van der Waals surface area contributed by atoms with Crippen molar-refractivity contribution in [3.63, 3.8) is 0 Å². The topological polar surface area (TPSA) is 35.2 Å². The van der Waals surface area contributed by atoms with Crippen LogP contribution in [0.2, 0.25) is 10.0 Å². The molecule has 2 aromatic carbocycles. The smallest absolute Gasteiger partial charge is 0.123 e. The first-order chi connectivity index (χ1) is 8.63. The maximum Gasteiger partial charge on any atom is 0.123 e. The predicted octanol–water partition coefficient (Wildman–Crippen LogP) is 4.05. The first-order valence-corrected chi connectivity index (χ1v) is 6.22. The minimum absolute atomic E-state index is 0.342. The lowest BCUT2D eigenvalue weighted by Gasteiger charge is -2.17. The van der Waals surface area contributed by atoms with E-state index in [2.05, 4.69) is 0 Å². The van der Waals surface area contributed by atoms with Gasteiger partial charge >= 0.3 is 0 Å². The molecule has 0 aliphatic carbocycles. The number of methoxy groups -OCH3 is 1. The highest BCUT2D eigenvalue weighted by Gasteiger charge is 2.16. The molecular formula is C14H13Cl2NO. The minimum Gasteiger partial charge on any atom is -0.496 e. The van der Waals surface area contributed by atoms with Gasteiger partial charge in [0, 0.05) is 15.6 Å². The van der Waals surface area contributed by atoms with Gasteiger partial charge in [-0.1, -0.05) is 47.5 Å². The summed E-state index contributed by atoms with van der Waals surface area (Å²) in [5.41, 5.74) is 7.95. The molecule has 0 fully saturated rings. The van der Waals surface area contributed by atoms with Crippen LogP contribution in [0.15, 0.2) is 42.5 Å². The summed E-state index contributed by atoms with van der Waals surface area (Å²) in [4.78, 5) is 0. The number of benzene rings is 2. The number of hydrogen-bond acceptors (Lipinski definition) is 2. The molecular weight excluding hydrogens is 269 g/mol. The zero-order chi connectivity index (χ0) is 13.1. The monoisotopic (exact) mass is 281 g/mol. The molecule has 0 aliphatic heterocycles. The SMILES string of the molecule is COc1ccccc1C(N)c1ccc(Cl)cc1Cl. The second-order valence-corrected chi connectivity index (χ2v) is 4.73. The molecule has 94 valence electrons. The zero-order valence-corrected chi connectivity index (χ0v) is 11.4. The Morgan fingerprint density at radius 1 is 1.06 bits per heavy atom. The van der Waals surface area contributed by atoms with Crippen molar-refractivity contribution in [1.82, 2.24) is 0 Å². The summed E-state index contributed by atoms with van der Waals surface area (Å²) in [6.07, 6.45) is 0. The molecule has 4 heteroatoms. The fourth-order valence-electron chi connectivity index (χ4n) is 1.84. The average Bonchev–Trinajstić information content (AvgIpc) is 2.38. The molecule has 2 rings (SSSR count). The maximum atomic E-state index is 6.24. The molecule has 0 bridgehead atoms. The van der Waals surface area contributed by atoms with Gasteiger partial charge in [-0.25, -0.2) is 0 Å². The summed E-state index contributed by atoms with van der Waals surface area (Å²) >= 11 is 12.0. The highest BCUT2D eigenvalue weighted by molar-refractivity contribution is 6.35. The van der Waals surface area contributed by atoms with Gasteiger partial charge in [-0.05, 0) is 23.8 Å². The molecule has 0 aliphatic rings. The van der Waals surface area contributed by atoms with Crippen LogP contribution in [0.5, 0.6) is 5.75 Å². The number of halogens is 2. The van der Waals surface area contributed by atoms with Crippen molar-refractivity contribution in [3.8, 4) is 5.75 Å². The third-order valence-electron chi connectivity index (χ3n) is 2.77. The Kier molecular flexibility index (Phi) is 4.12. The van der Waals surface area contributed by atoms with Gasteiger partial charge in [0.05, 0.1) is 13.2 Å². The Morgan fingerprint density at radius 3 is 2.44 bits per heavy atom. The van der Waals surface area contributed by atoms with E-state index in [1.54, 1.807) is 19.2 Å². The molecule has 0 saturated carbocycles.